The zero-order valence-corrected chi connectivity index (χ0v) is 11.5. The lowest BCUT2D eigenvalue weighted by molar-refractivity contribution is -0.137. The van der Waals surface area contributed by atoms with E-state index in [4.69, 9.17) is 11.6 Å². The summed E-state index contributed by atoms with van der Waals surface area (Å²) < 4.78 is 39.3. The second-order valence-electron chi connectivity index (χ2n) is 4.38. The fraction of sp³-hybridized carbons (Fsp3) is 0.200. The molecule has 2 aromatic rings. The van der Waals surface area contributed by atoms with Gasteiger partial charge >= 0.3 is 6.18 Å². The molecule has 2 rings (SSSR count). The first-order valence-corrected chi connectivity index (χ1v) is 6.41. The van der Waals surface area contributed by atoms with Crippen LogP contribution in [0.15, 0.2) is 42.5 Å². The summed E-state index contributed by atoms with van der Waals surface area (Å²) in [6.45, 7) is 0.447. The molecule has 0 saturated heterocycles. The monoisotopic (exact) mass is 299 g/mol. The van der Waals surface area contributed by atoms with Crippen LogP contribution in [-0.2, 0) is 12.7 Å². The molecule has 0 aliphatic carbocycles. The first-order chi connectivity index (χ1) is 9.43. The highest BCUT2D eigenvalue weighted by atomic mass is 35.5. The fourth-order valence-electron chi connectivity index (χ4n) is 2.13. The number of alkyl halides is 3. The van der Waals surface area contributed by atoms with Crippen molar-refractivity contribution in [2.75, 3.05) is 7.05 Å². The predicted molar refractivity (Wildman–Crippen MR) is 74.7 cm³/mol. The summed E-state index contributed by atoms with van der Waals surface area (Å²) in [5, 5.41) is 3.44. The molecule has 0 heterocycles. The summed E-state index contributed by atoms with van der Waals surface area (Å²) in [6, 6.07) is 10.5. The van der Waals surface area contributed by atoms with Gasteiger partial charge in [0.1, 0.15) is 0 Å². The second-order valence-corrected chi connectivity index (χ2v) is 4.81. The molecule has 5 heteroatoms. The molecule has 1 nitrogen and oxygen atoms in total. The van der Waals surface area contributed by atoms with E-state index in [9.17, 15) is 13.2 Å². The van der Waals surface area contributed by atoms with E-state index in [1.807, 2.05) is 0 Å². The van der Waals surface area contributed by atoms with Crippen molar-refractivity contribution in [1.82, 2.24) is 5.32 Å². The van der Waals surface area contributed by atoms with Gasteiger partial charge in [-0.25, -0.2) is 0 Å². The molecule has 1 N–H and O–H groups in total. The molecule has 0 atom stereocenters. The summed E-state index contributed by atoms with van der Waals surface area (Å²) in [7, 11) is 1.74. The van der Waals surface area contributed by atoms with Gasteiger partial charge in [-0.05, 0) is 41.9 Å². The van der Waals surface area contributed by atoms with Crippen LogP contribution in [0.1, 0.15) is 11.1 Å². The summed E-state index contributed by atoms with van der Waals surface area (Å²) in [6.07, 6.45) is -4.38. The van der Waals surface area contributed by atoms with E-state index >= 15 is 0 Å². The van der Waals surface area contributed by atoms with E-state index in [2.05, 4.69) is 5.32 Å². The van der Waals surface area contributed by atoms with E-state index in [1.165, 1.54) is 12.1 Å². The van der Waals surface area contributed by atoms with Crippen LogP contribution in [0.2, 0.25) is 5.02 Å². The Morgan fingerprint density at radius 1 is 1.05 bits per heavy atom. The molecule has 0 fully saturated rings. The van der Waals surface area contributed by atoms with Crippen LogP contribution < -0.4 is 5.32 Å². The summed E-state index contributed by atoms with van der Waals surface area (Å²) in [4.78, 5) is 0. The number of benzene rings is 2. The lowest BCUT2D eigenvalue weighted by atomic mass is 9.95. The normalized spacial score (nSPS) is 11.7. The summed E-state index contributed by atoms with van der Waals surface area (Å²) in [5.74, 6) is 0. The fourth-order valence-corrected chi connectivity index (χ4v) is 2.32. The quantitative estimate of drug-likeness (QED) is 0.863. The first kappa shape index (κ1) is 14.9. The number of hydrogen-bond donors (Lipinski definition) is 1. The van der Waals surface area contributed by atoms with Gasteiger partial charge in [-0.1, -0.05) is 35.9 Å². The molecule has 0 aliphatic rings. The molecule has 0 aliphatic heterocycles. The van der Waals surface area contributed by atoms with Gasteiger partial charge in [0.05, 0.1) is 5.56 Å². The van der Waals surface area contributed by atoms with Crippen LogP contribution in [-0.4, -0.2) is 7.05 Å². The minimum atomic E-state index is -4.38. The molecule has 20 heavy (non-hydrogen) atoms. The topological polar surface area (TPSA) is 12.0 Å². The van der Waals surface area contributed by atoms with Crippen LogP contribution in [0, 0.1) is 0 Å². The highest BCUT2D eigenvalue weighted by Crippen LogP contribution is 2.38. The number of halogens is 4. The SMILES string of the molecule is CNCc1cc(Cl)ccc1-c1ccccc1C(F)(F)F. The molecule has 0 spiro atoms. The van der Waals surface area contributed by atoms with Crippen molar-refractivity contribution in [3.05, 3.63) is 58.6 Å². The minimum Gasteiger partial charge on any atom is -0.316 e. The molecule has 0 bridgehead atoms. The summed E-state index contributed by atoms with van der Waals surface area (Å²) in [5.41, 5.74) is 0.801. The van der Waals surface area contributed by atoms with Gasteiger partial charge in [-0.3, -0.25) is 0 Å². The Hall–Kier alpha value is -1.52. The zero-order chi connectivity index (χ0) is 14.8. The van der Waals surface area contributed by atoms with E-state index < -0.39 is 11.7 Å². The predicted octanol–water partition coefficient (Wildman–Crippen LogP) is 4.75. The van der Waals surface area contributed by atoms with Crippen molar-refractivity contribution in [3.63, 3.8) is 0 Å². The lowest BCUT2D eigenvalue weighted by Gasteiger charge is -2.16. The Balaban J connectivity index is 2.63. The van der Waals surface area contributed by atoms with Gasteiger partial charge in [0, 0.05) is 11.6 Å². The average molecular weight is 300 g/mol. The third-order valence-electron chi connectivity index (χ3n) is 2.96. The van der Waals surface area contributed by atoms with Gasteiger partial charge < -0.3 is 5.32 Å². The van der Waals surface area contributed by atoms with Gasteiger partial charge in [0.25, 0.3) is 0 Å². The van der Waals surface area contributed by atoms with Crippen LogP contribution >= 0.6 is 11.6 Å². The molecular formula is C15H13ClF3N. The largest absolute Gasteiger partial charge is 0.417 e. The molecule has 106 valence electrons. The smallest absolute Gasteiger partial charge is 0.316 e. The highest BCUT2D eigenvalue weighted by Gasteiger charge is 2.33. The third kappa shape index (κ3) is 3.14. The van der Waals surface area contributed by atoms with Crippen molar-refractivity contribution >= 4 is 11.6 Å². The molecular weight excluding hydrogens is 287 g/mol. The maximum atomic E-state index is 13.1. The average Bonchev–Trinajstić information content (AvgIpc) is 2.38. The van der Waals surface area contributed by atoms with Crippen LogP contribution in [0.5, 0.6) is 0 Å². The van der Waals surface area contributed by atoms with Crippen molar-refractivity contribution in [3.8, 4) is 11.1 Å². The first-order valence-electron chi connectivity index (χ1n) is 6.03. The number of hydrogen-bond acceptors (Lipinski definition) is 1. The van der Waals surface area contributed by atoms with E-state index in [0.717, 1.165) is 11.6 Å². The van der Waals surface area contributed by atoms with E-state index in [0.29, 0.717) is 17.1 Å². The molecule has 0 radical (unpaired) electrons. The Morgan fingerprint density at radius 3 is 2.40 bits per heavy atom. The maximum absolute atomic E-state index is 13.1. The second kappa shape index (κ2) is 5.85. The lowest BCUT2D eigenvalue weighted by Crippen LogP contribution is -2.10. The van der Waals surface area contributed by atoms with Crippen LogP contribution in [0.3, 0.4) is 0 Å². The third-order valence-corrected chi connectivity index (χ3v) is 3.19. The van der Waals surface area contributed by atoms with Crippen LogP contribution in [0.25, 0.3) is 11.1 Å². The molecule has 2 aromatic carbocycles. The van der Waals surface area contributed by atoms with Gasteiger partial charge in [0.2, 0.25) is 0 Å². The Morgan fingerprint density at radius 2 is 1.75 bits per heavy atom. The van der Waals surface area contributed by atoms with Gasteiger partial charge in [0.15, 0.2) is 0 Å². The molecule has 0 unspecified atom stereocenters. The maximum Gasteiger partial charge on any atom is 0.417 e. The minimum absolute atomic E-state index is 0.168. The van der Waals surface area contributed by atoms with Gasteiger partial charge in [-0.15, -0.1) is 0 Å². The van der Waals surface area contributed by atoms with E-state index in [1.54, 1.807) is 31.3 Å². The number of nitrogens with one attached hydrogen (secondary N) is 1. The van der Waals surface area contributed by atoms with Gasteiger partial charge in [-0.2, -0.15) is 13.2 Å². The molecule has 0 amide bonds. The van der Waals surface area contributed by atoms with Crippen molar-refractivity contribution in [2.24, 2.45) is 0 Å². The Bertz CT molecular complexity index is 608. The van der Waals surface area contributed by atoms with E-state index in [-0.39, 0.29) is 5.56 Å². The summed E-state index contributed by atoms with van der Waals surface area (Å²) >= 11 is 5.92. The molecule has 0 aromatic heterocycles. The Labute approximate surface area is 120 Å². The Kier molecular flexibility index (Phi) is 4.35. The van der Waals surface area contributed by atoms with Crippen molar-refractivity contribution in [1.29, 1.82) is 0 Å². The highest BCUT2D eigenvalue weighted by molar-refractivity contribution is 6.30. The molecule has 0 saturated carbocycles. The number of rotatable bonds is 3. The van der Waals surface area contributed by atoms with Crippen molar-refractivity contribution < 1.29 is 13.2 Å². The zero-order valence-electron chi connectivity index (χ0n) is 10.8. The standard InChI is InChI=1S/C15H13ClF3N/c1-20-9-10-8-11(16)6-7-12(10)13-4-2-3-5-14(13)15(17,18)19/h2-8,20H,9H2,1H3. The van der Waals surface area contributed by atoms with Crippen molar-refractivity contribution in [2.45, 2.75) is 12.7 Å². The van der Waals surface area contributed by atoms with Crippen LogP contribution in [0.4, 0.5) is 13.2 Å².